The third-order valence-corrected chi connectivity index (χ3v) is 5.08. The zero-order valence-electron chi connectivity index (χ0n) is 15.4. The first-order valence-electron chi connectivity index (χ1n) is 9.13. The molecule has 0 unspecified atom stereocenters. The first-order valence-corrected chi connectivity index (χ1v) is 9.13. The van der Waals surface area contributed by atoms with Gasteiger partial charge in [-0.25, -0.2) is 0 Å². The second-order valence-corrected chi connectivity index (χ2v) is 6.84. The van der Waals surface area contributed by atoms with Crippen molar-refractivity contribution < 1.29 is 14.5 Å². The summed E-state index contributed by atoms with van der Waals surface area (Å²) in [5.74, 6) is 1.21. The van der Waals surface area contributed by atoms with Crippen molar-refractivity contribution in [2.45, 2.75) is 32.2 Å². The van der Waals surface area contributed by atoms with Gasteiger partial charge in [-0.2, -0.15) is 4.68 Å². The molecule has 0 N–H and O–H groups in total. The Morgan fingerprint density at radius 3 is 2.56 bits per heavy atom. The fourth-order valence-corrected chi connectivity index (χ4v) is 3.41. The number of nitro groups is 1. The van der Waals surface area contributed by atoms with Crippen LogP contribution in [0.4, 0.5) is 5.82 Å². The molecule has 0 radical (unpaired) electrons. The molecule has 1 fully saturated rings. The predicted octanol–water partition coefficient (Wildman–Crippen LogP) is 2.67. The Balaban J connectivity index is 1.42. The minimum Gasteiger partial charge on any atom is -0.497 e. The van der Waals surface area contributed by atoms with Gasteiger partial charge in [0.2, 0.25) is 5.91 Å². The van der Waals surface area contributed by atoms with Crippen LogP contribution >= 0.6 is 0 Å². The third kappa shape index (κ3) is 5.06. The van der Waals surface area contributed by atoms with Crippen LogP contribution in [-0.2, 0) is 17.8 Å². The van der Waals surface area contributed by atoms with Gasteiger partial charge in [0, 0.05) is 13.1 Å². The van der Waals surface area contributed by atoms with Crippen molar-refractivity contribution in [3.8, 4) is 5.75 Å². The molecule has 8 heteroatoms. The van der Waals surface area contributed by atoms with Gasteiger partial charge in [-0.1, -0.05) is 12.1 Å². The van der Waals surface area contributed by atoms with Crippen LogP contribution in [0.2, 0.25) is 0 Å². The summed E-state index contributed by atoms with van der Waals surface area (Å²) in [4.78, 5) is 24.3. The van der Waals surface area contributed by atoms with Crippen LogP contribution in [0.3, 0.4) is 0 Å². The molecule has 3 rings (SSSR count). The summed E-state index contributed by atoms with van der Waals surface area (Å²) in [7, 11) is 1.66. The fraction of sp³-hybridized carbons (Fsp3) is 0.474. The van der Waals surface area contributed by atoms with E-state index in [1.54, 1.807) is 7.11 Å². The summed E-state index contributed by atoms with van der Waals surface area (Å²) in [6, 6.07) is 9.46. The highest BCUT2D eigenvalue weighted by Crippen LogP contribution is 2.23. The van der Waals surface area contributed by atoms with Crippen molar-refractivity contribution in [2.24, 2.45) is 5.92 Å². The summed E-state index contributed by atoms with van der Waals surface area (Å²) >= 11 is 0. The topological polar surface area (TPSA) is 90.5 Å². The summed E-state index contributed by atoms with van der Waals surface area (Å²) in [5.41, 5.74) is 1.30. The van der Waals surface area contributed by atoms with Gasteiger partial charge < -0.3 is 19.8 Å². The zero-order chi connectivity index (χ0) is 19.2. The van der Waals surface area contributed by atoms with E-state index in [4.69, 9.17) is 4.74 Å². The van der Waals surface area contributed by atoms with Crippen molar-refractivity contribution in [1.29, 1.82) is 0 Å². The number of carbonyl (C=O) groups is 1. The Bertz CT molecular complexity index is 779. The lowest BCUT2D eigenvalue weighted by atomic mass is 9.90. The van der Waals surface area contributed by atoms with Gasteiger partial charge in [-0.05, 0) is 54.2 Å². The van der Waals surface area contributed by atoms with E-state index in [9.17, 15) is 14.9 Å². The number of rotatable bonds is 7. The zero-order valence-corrected chi connectivity index (χ0v) is 15.4. The Labute approximate surface area is 157 Å². The average Bonchev–Trinajstić information content (AvgIpc) is 3.16. The monoisotopic (exact) mass is 372 g/mol. The summed E-state index contributed by atoms with van der Waals surface area (Å²) in [6.45, 7) is 1.51. The van der Waals surface area contributed by atoms with Crippen LogP contribution < -0.4 is 4.74 Å². The lowest BCUT2D eigenvalue weighted by Gasteiger charge is -2.32. The van der Waals surface area contributed by atoms with Crippen molar-refractivity contribution in [1.82, 2.24) is 14.7 Å². The van der Waals surface area contributed by atoms with E-state index in [1.807, 2.05) is 17.0 Å². The number of methoxy groups -OCH3 is 1. The molecule has 0 bridgehead atoms. The smallest absolute Gasteiger partial charge is 0.389 e. The molecule has 144 valence electrons. The number of benzene rings is 1. The second kappa shape index (κ2) is 8.66. The number of likely N-dealkylation sites (tertiary alicyclic amines) is 1. The Morgan fingerprint density at radius 1 is 1.26 bits per heavy atom. The molecule has 27 heavy (non-hydrogen) atoms. The van der Waals surface area contributed by atoms with Crippen molar-refractivity contribution >= 4 is 11.7 Å². The van der Waals surface area contributed by atoms with Gasteiger partial charge in [-0.3, -0.25) is 4.79 Å². The molecule has 1 aromatic carbocycles. The highest BCUT2D eigenvalue weighted by molar-refractivity contribution is 5.76. The Morgan fingerprint density at radius 2 is 1.96 bits per heavy atom. The second-order valence-electron chi connectivity index (χ2n) is 6.84. The first kappa shape index (κ1) is 18.9. The van der Waals surface area contributed by atoms with Crippen LogP contribution in [0.5, 0.6) is 5.75 Å². The molecule has 0 atom stereocenters. The molecule has 0 spiro atoms. The number of hydrogen-bond acceptors (Lipinski definition) is 5. The highest BCUT2D eigenvalue weighted by atomic mass is 16.6. The first-order chi connectivity index (χ1) is 13.0. The van der Waals surface area contributed by atoms with E-state index in [-0.39, 0.29) is 18.3 Å². The fourth-order valence-electron chi connectivity index (χ4n) is 3.41. The van der Waals surface area contributed by atoms with E-state index >= 15 is 0 Å². The lowest BCUT2D eigenvalue weighted by Crippen LogP contribution is -2.40. The van der Waals surface area contributed by atoms with Crippen LogP contribution in [-0.4, -0.2) is 45.7 Å². The molecule has 1 saturated heterocycles. The number of hydrogen-bond donors (Lipinski definition) is 0. The highest BCUT2D eigenvalue weighted by Gasteiger charge is 2.24. The van der Waals surface area contributed by atoms with E-state index in [2.05, 4.69) is 17.2 Å². The van der Waals surface area contributed by atoms with Gasteiger partial charge in [-0.15, -0.1) is 0 Å². The van der Waals surface area contributed by atoms with Crippen molar-refractivity contribution in [3.63, 3.8) is 0 Å². The van der Waals surface area contributed by atoms with Crippen LogP contribution in [0.25, 0.3) is 0 Å². The van der Waals surface area contributed by atoms with E-state index in [0.29, 0.717) is 5.92 Å². The predicted molar refractivity (Wildman–Crippen MR) is 99.5 cm³/mol. The van der Waals surface area contributed by atoms with E-state index < -0.39 is 4.92 Å². The van der Waals surface area contributed by atoms with Gasteiger partial charge in [0.25, 0.3) is 0 Å². The number of aryl methyl sites for hydroxylation is 1. The minimum absolute atomic E-state index is 0.0402. The summed E-state index contributed by atoms with van der Waals surface area (Å²) in [6.07, 6.45) is 5.58. The average molecular weight is 372 g/mol. The SMILES string of the molecule is COc1ccc(CCC2CCN(C(=O)Cn3ccc([N+](=O)[O-])n3)CC2)cc1. The number of aromatic nitrogens is 2. The molecule has 2 aromatic rings. The summed E-state index contributed by atoms with van der Waals surface area (Å²) in [5, 5.41) is 14.5. The molecule has 1 amide bonds. The van der Waals surface area contributed by atoms with Gasteiger partial charge in [0.05, 0.1) is 24.5 Å². The van der Waals surface area contributed by atoms with Crippen LogP contribution in [0.1, 0.15) is 24.8 Å². The molecular weight excluding hydrogens is 348 g/mol. The normalized spacial score (nSPS) is 14.9. The quantitative estimate of drug-likeness (QED) is 0.550. The molecule has 0 aliphatic carbocycles. The van der Waals surface area contributed by atoms with Gasteiger partial charge in [0.1, 0.15) is 12.3 Å². The van der Waals surface area contributed by atoms with Gasteiger partial charge >= 0.3 is 5.82 Å². The molecule has 1 aliphatic heterocycles. The standard InChI is InChI=1S/C19H24N4O4/c1-27-17-6-4-15(5-7-17)2-3-16-8-11-21(12-9-16)19(24)14-22-13-10-18(20-22)23(25)26/h4-7,10,13,16H,2-3,8-9,11-12,14H2,1H3. The molecular formula is C19H24N4O4. The Kier molecular flexibility index (Phi) is 6.05. The van der Waals surface area contributed by atoms with E-state index in [0.717, 1.165) is 44.5 Å². The number of nitrogens with zero attached hydrogens (tertiary/aromatic N) is 4. The molecule has 2 heterocycles. The van der Waals surface area contributed by atoms with Crippen LogP contribution in [0, 0.1) is 16.0 Å². The van der Waals surface area contributed by atoms with Crippen molar-refractivity contribution in [3.05, 3.63) is 52.2 Å². The number of carbonyl (C=O) groups excluding carboxylic acids is 1. The maximum Gasteiger partial charge on any atom is 0.389 e. The molecule has 8 nitrogen and oxygen atoms in total. The number of ether oxygens (including phenoxy) is 1. The summed E-state index contributed by atoms with van der Waals surface area (Å²) < 4.78 is 6.51. The third-order valence-electron chi connectivity index (χ3n) is 5.08. The van der Waals surface area contributed by atoms with E-state index in [1.165, 1.54) is 22.5 Å². The lowest BCUT2D eigenvalue weighted by molar-refractivity contribution is -0.389. The molecule has 1 aromatic heterocycles. The number of amides is 1. The molecule has 0 saturated carbocycles. The largest absolute Gasteiger partial charge is 0.497 e. The minimum atomic E-state index is -0.560. The van der Waals surface area contributed by atoms with Crippen molar-refractivity contribution in [2.75, 3.05) is 20.2 Å². The maximum atomic E-state index is 12.4. The Hall–Kier alpha value is -2.90. The maximum absolute atomic E-state index is 12.4. The van der Waals surface area contributed by atoms with Crippen LogP contribution in [0.15, 0.2) is 36.5 Å². The van der Waals surface area contributed by atoms with Gasteiger partial charge in [0.15, 0.2) is 0 Å². The molecule has 1 aliphatic rings. The number of piperidine rings is 1.